The van der Waals surface area contributed by atoms with Gasteiger partial charge in [0, 0.05) is 12.6 Å². The van der Waals surface area contributed by atoms with Crippen LogP contribution in [0.2, 0.25) is 0 Å². The molecule has 108 valence electrons. The summed E-state index contributed by atoms with van der Waals surface area (Å²) < 4.78 is 0. The van der Waals surface area contributed by atoms with Crippen LogP contribution in [0.25, 0.3) is 0 Å². The molecule has 1 unspecified atom stereocenters. The molecule has 1 nitrogen and oxygen atoms in total. The normalized spacial score (nSPS) is 13.2. The van der Waals surface area contributed by atoms with Gasteiger partial charge in [0.2, 0.25) is 0 Å². The Bertz CT molecular complexity index is 352. The highest BCUT2D eigenvalue weighted by Crippen LogP contribution is 2.27. The average Bonchev–Trinajstić information content (AvgIpc) is 2.39. The quantitative estimate of drug-likeness (QED) is 0.701. The van der Waals surface area contributed by atoms with Crippen LogP contribution in [-0.4, -0.2) is 12.6 Å². The standard InChI is InChI=1S/C18H31N/c1-6-16(7-2)12-18(13-19-14(3)4)17-10-8-9-15(5)11-17/h8-11,14,16,18-19H,6-7,12-13H2,1-5H3. The summed E-state index contributed by atoms with van der Waals surface area (Å²) in [5, 5.41) is 3.62. The van der Waals surface area contributed by atoms with Gasteiger partial charge in [-0.2, -0.15) is 0 Å². The van der Waals surface area contributed by atoms with Crippen LogP contribution in [0.3, 0.4) is 0 Å². The Kier molecular flexibility index (Phi) is 7.15. The SMILES string of the molecule is CCC(CC)CC(CNC(C)C)c1cccc(C)c1. The molecule has 0 bridgehead atoms. The van der Waals surface area contributed by atoms with E-state index in [-0.39, 0.29) is 0 Å². The van der Waals surface area contributed by atoms with E-state index in [4.69, 9.17) is 0 Å². The average molecular weight is 261 g/mol. The van der Waals surface area contributed by atoms with Crippen LogP contribution < -0.4 is 5.32 Å². The Hall–Kier alpha value is -0.820. The molecule has 1 heteroatoms. The van der Waals surface area contributed by atoms with Gasteiger partial charge >= 0.3 is 0 Å². The molecule has 1 rings (SSSR count). The maximum absolute atomic E-state index is 3.62. The topological polar surface area (TPSA) is 12.0 Å². The maximum atomic E-state index is 3.62. The third-order valence-corrected chi connectivity index (χ3v) is 4.06. The Morgan fingerprint density at radius 3 is 2.32 bits per heavy atom. The minimum absolute atomic E-state index is 0.564. The van der Waals surface area contributed by atoms with Crippen LogP contribution in [0.5, 0.6) is 0 Å². The summed E-state index contributed by atoms with van der Waals surface area (Å²) in [6, 6.07) is 9.60. The predicted molar refractivity (Wildman–Crippen MR) is 85.7 cm³/mol. The van der Waals surface area contributed by atoms with E-state index in [1.165, 1.54) is 30.4 Å². The molecule has 0 saturated carbocycles. The van der Waals surface area contributed by atoms with E-state index in [0.717, 1.165) is 12.5 Å². The molecule has 0 spiro atoms. The molecule has 1 atom stereocenters. The molecule has 0 saturated heterocycles. The molecule has 0 heterocycles. The summed E-state index contributed by atoms with van der Waals surface area (Å²) in [7, 11) is 0. The minimum Gasteiger partial charge on any atom is -0.314 e. The van der Waals surface area contributed by atoms with Crippen molar-refractivity contribution >= 4 is 0 Å². The van der Waals surface area contributed by atoms with Crippen LogP contribution >= 0.6 is 0 Å². The third-order valence-electron chi connectivity index (χ3n) is 4.06. The van der Waals surface area contributed by atoms with Crippen molar-refractivity contribution in [2.75, 3.05) is 6.54 Å². The number of rotatable bonds is 8. The first-order valence-electron chi connectivity index (χ1n) is 7.86. The van der Waals surface area contributed by atoms with Gasteiger partial charge in [-0.1, -0.05) is 70.4 Å². The summed E-state index contributed by atoms with van der Waals surface area (Å²) in [6.45, 7) is 12.4. The van der Waals surface area contributed by atoms with Crippen molar-refractivity contribution in [2.24, 2.45) is 5.92 Å². The van der Waals surface area contributed by atoms with Crippen molar-refractivity contribution in [1.29, 1.82) is 0 Å². The van der Waals surface area contributed by atoms with Crippen LogP contribution in [0.1, 0.15) is 64.0 Å². The fraction of sp³-hybridized carbons (Fsp3) is 0.667. The van der Waals surface area contributed by atoms with E-state index >= 15 is 0 Å². The van der Waals surface area contributed by atoms with E-state index in [1.54, 1.807) is 0 Å². The van der Waals surface area contributed by atoms with Gasteiger partial charge in [-0.3, -0.25) is 0 Å². The number of hydrogen-bond acceptors (Lipinski definition) is 1. The number of nitrogens with one attached hydrogen (secondary N) is 1. The van der Waals surface area contributed by atoms with Crippen molar-refractivity contribution in [2.45, 2.75) is 65.8 Å². The van der Waals surface area contributed by atoms with Crippen LogP contribution in [-0.2, 0) is 0 Å². The highest BCUT2D eigenvalue weighted by atomic mass is 14.9. The Morgan fingerprint density at radius 1 is 1.11 bits per heavy atom. The second-order valence-electron chi connectivity index (χ2n) is 6.09. The minimum atomic E-state index is 0.564. The van der Waals surface area contributed by atoms with Crippen LogP contribution in [0, 0.1) is 12.8 Å². The smallest absolute Gasteiger partial charge is 0.00226 e. The summed E-state index contributed by atoms with van der Waals surface area (Å²) in [5.74, 6) is 1.49. The van der Waals surface area contributed by atoms with E-state index in [0.29, 0.717) is 12.0 Å². The van der Waals surface area contributed by atoms with E-state index < -0.39 is 0 Å². The largest absolute Gasteiger partial charge is 0.314 e. The molecular formula is C18H31N. The maximum Gasteiger partial charge on any atom is 0.00226 e. The van der Waals surface area contributed by atoms with Gasteiger partial charge in [0.05, 0.1) is 0 Å². The first-order valence-corrected chi connectivity index (χ1v) is 7.86. The van der Waals surface area contributed by atoms with E-state index in [1.807, 2.05) is 0 Å². The first-order chi connectivity index (χ1) is 9.06. The van der Waals surface area contributed by atoms with E-state index in [2.05, 4.69) is 64.2 Å². The first kappa shape index (κ1) is 16.2. The molecule has 1 aromatic rings. The Balaban J connectivity index is 2.78. The Labute approximate surface area is 119 Å². The lowest BCUT2D eigenvalue weighted by Crippen LogP contribution is -2.29. The number of benzene rings is 1. The summed E-state index contributed by atoms with van der Waals surface area (Å²) in [4.78, 5) is 0. The third kappa shape index (κ3) is 5.78. The highest BCUT2D eigenvalue weighted by molar-refractivity contribution is 5.25. The van der Waals surface area contributed by atoms with Gasteiger partial charge in [-0.05, 0) is 30.7 Å². The second-order valence-corrected chi connectivity index (χ2v) is 6.09. The molecule has 0 aliphatic carbocycles. The van der Waals surface area contributed by atoms with Crippen molar-refractivity contribution in [3.63, 3.8) is 0 Å². The lowest BCUT2D eigenvalue weighted by atomic mass is 9.85. The molecule has 1 N–H and O–H groups in total. The van der Waals surface area contributed by atoms with Gasteiger partial charge in [0.25, 0.3) is 0 Å². The van der Waals surface area contributed by atoms with Gasteiger partial charge in [0.15, 0.2) is 0 Å². The number of hydrogen-bond donors (Lipinski definition) is 1. The monoisotopic (exact) mass is 261 g/mol. The molecule has 1 aromatic carbocycles. The van der Waals surface area contributed by atoms with Crippen molar-refractivity contribution < 1.29 is 0 Å². The van der Waals surface area contributed by atoms with Crippen molar-refractivity contribution in [1.82, 2.24) is 5.32 Å². The van der Waals surface area contributed by atoms with Crippen LogP contribution in [0.15, 0.2) is 24.3 Å². The van der Waals surface area contributed by atoms with Gasteiger partial charge in [0.1, 0.15) is 0 Å². The summed E-state index contributed by atoms with van der Waals surface area (Å²) >= 11 is 0. The molecule has 0 amide bonds. The summed E-state index contributed by atoms with van der Waals surface area (Å²) in [6.07, 6.45) is 3.89. The molecule has 0 aliphatic heterocycles. The van der Waals surface area contributed by atoms with Crippen molar-refractivity contribution in [3.05, 3.63) is 35.4 Å². The van der Waals surface area contributed by atoms with Gasteiger partial charge in [-0.15, -0.1) is 0 Å². The Morgan fingerprint density at radius 2 is 1.79 bits per heavy atom. The van der Waals surface area contributed by atoms with Crippen molar-refractivity contribution in [3.8, 4) is 0 Å². The predicted octanol–water partition coefficient (Wildman–Crippen LogP) is 4.90. The zero-order chi connectivity index (χ0) is 14.3. The zero-order valence-corrected chi connectivity index (χ0v) is 13.4. The zero-order valence-electron chi connectivity index (χ0n) is 13.4. The summed E-state index contributed by atoms with van der Waals surface area (Å²) in [5.41, 5.74) is 2.87. The van der Waals surface area contributed by atoms with Gasteiger partial charge in [-0.25, -0.2) is 0 Å². The number of aryl methyl sites for hydroxylation is 1. The highest BCUT2D eigenvalue weighted by Gasteiger charge is 2.16. The molecule has 0 radical (unpaired) electrons. The molecule has 0 aliphatic rings. The fourth-order valence-corrected chi connectivity index (χ4v) is 2.66. The molecule has 0 fully saturated rings. The molecule has 0 aromatic heterocycles. The lowest BCUT2D eigenvalue weighted by Gasteiger charge is -2.24. The second kappa shape index (κ2) is 8.37. The van der Waals surface area contributed by atoms with Gasteiger partial charge < -0.3 is 5.32 Å². The lowest BCUT2D eigenvalue weighted by molar-refractivity contribution is 0.391. The van der Waals surface area contributed by atoms with Crippen LogP contribution in [0.4, 0.5) is 0 Å². The molecule has 19 heavy (non-hydrogen) atoms. The molecular weight excluding hydrogens is 230 g/mol. The fourth-order valence-electron chi connectivity index (χ4n) is 2.66. The van der Waals surface area contributed by atoms with E-state index in [9.17, 15) is 0 Å².